The minimum absolute atomic E-state index is 0.329. The van der Waals surface area contributed by atoms with Gasteiger partial charge in [0.15, 0.2) is 5.78 Å². The van der Waals surface area contributed by atoms with Gasteiger partial charge in [-0.2, -0.15) is 0 Å². The normalized spacial score (nSPS) is 13.2. The summed E-state index contributed by atoms with van der Waals surface area (Å²) in [5.41, 5.74) is 1.17. The Hall–Kier alpha value is -2.46. The fraction of sp³-hybridized carbons (Fsp3) is 0.176. The zero-order chi connectivity index (χ0) is 15.2. The molecule has 2 N–H and O–H groups in total. The number of aliphatic hydroxyl groups excluding tert-OH is 1. The number of amides is 1. The molecule has 0 aromatic heterocycles. The third-order valence-corrected chi connectivity index (χ3v) is 3.21. The van der Waals surface area contributed by atoms with Crippen molar-refractivity contribution in [3.8, 4) is 0 Å². The van der Waals surface area contributed by atoms with Crippen LogP contribution in [-0.4, -0.2) is 22.9 Å². The van der Waals surface area contributed by atoms with Gasteiger partial charge in [-0.1, -0.05) is 48.5 Å². The lowest BCUT2D eigenvalue weighted by molar-refractivity contribution is -0.126. The maximum Gasteiger partial charge on any atom is 0.251 e. The van der Waals surface area contributed by atoms with Crippen molar-refractivity contribution >= 4 is 11.7 Å². The van der Waals surface area contributed by atoms with E-state index >= 15 is 0 Å². The van der Waals surface area contributed by atoms with Gasteiger partial charge in [0, 0.05) is 5.56 Å². The number of nitrogens with one attached hydrogen (secondary N) is 1. The standard InChI is InChI=1S/C17H17NO3/c1-12(19)16(20)15(13-8-4-2-5-9-13)18-17(21)14-10-6-3-7-11-14/h2-11,15-16,20H,1H3,(H,18,21)/t15-,16-/m0/s1. The molecule has 21 heavy (non-hydrogen) atoms. The molecule has 0 aliphatic rings. The lowest BCUT2D eigenvalue weighted by Crippen LogP contribution is -2.39. The Labute approximate surface area is 123 Å². The zero-order valence-corrected chi connectivity index (χ0v) is 11.7. The van der Waals surface area contributed by atoms with Crippen LogP contribution in [0.3, 0.4) is 0 Å². The second-order valence-electron chi connectivity index (χ2n) is 4.78. The van der Waals surface area contributed by atoms with Crippen molar-refractivity contribution in [1.82, 2.24) is 5.32 Å². The molecule has 2 aromatic carbocycles. The molecule has 4 nitrogen and oxygen atoms in total. The number of carbonyl (C=O) groups excluding carboxylic acids is 2. The predicted octanol–water partition coefficient (Wildman–Crippen LogP) is 2.11. The van der Waals surface area contributed by atoms with Crippen molar-refractivity contribution in [1.29, 1.82) is 0 Å². The van der Waals surface area contributed by atoms with Crippen molar-refractivity contribution in [3.05, 3.63) is 71.8 Å². The molecular formula is C17H17NO3. The fourth-order valence-corrected chi connectivity index (χ4v) is 2.05. The number of hydrogen-bond acceptors (Lipinski definition) is 3. The van der Waals surface area contributed by atoms with Crippen molar-refractivity contribution in [3.63, 3.8) is 0 Å². The first kappa shape index (κ1) is 14.9. The van der Waals surface area contributed by atoms with E-state index in [-0.39, 0.29) is 5.91 Å². The summed E-state index contributed by atoms with van der Waals surface area (Å²) in [4.78, 5) is 23.7. The summed E-state index contributed by atoms with van der Waals surface area (Å²) in [5, 5.41) is 12.8. The van der Waals surface area contributed by atoms with Gasteiger partial charge in [-0.3, -0.25) is 9.59 Å². The Morgan fingerprint density at radius 1 is 0.952 bits per heavy atom. The molecule has 0 aliphatic heterocycles. The van der Waals surface area contributed by atoms with Crippen LogP contribution in [0.4, 0.5) is 0 Å². The Kier molecular flexibility index (Phi) is 4.85. The first-order valence-electron chi connectivity index (χ1n) is 6.69. The highest BCUT2D eigenvalue weighted by molar-refractivity contribution is 5.95. The summed E-state index contributed by atoms with van der Waals surface area (Å²) in [6.45, 7) is 1.30. The van der Waals surface area contributed by atoms with Gasteiger partial charge in [-0.15, -0.1) is 0 Å². The molecule has 0 spiro atoms. The van der Waals surface area contributed by atoms with Crippen LogP contribution in [0.15, 0.2) is 60.7 Å². The van der Waals surface area contributed by atoms with Crippen LogP contribution in [0.5, 0.6) is 0 Å². The molecule has 0 aliphatic carbocycles. The zero-order valence-electron chi connectivity index (χ0n) is 11.7. The van der Waals surface area contributed by atoms with E-state index in [1.165, 1.54) is 6.92 Å². The van der Waals surface area contributed by atoms with Crippen LogP contribution in [0.25, 0.3) is 0 Å². The first-order valence-corrected chi connectivity index (χ1v) is 6.69. The van der Waals surface area contributed by atoms with E-state index in [1.54, 1.807) is 48.5 Å². The summed E-state index contributed by atoms with van der Waals surface area (Å²) in [6, 6.07) is 16.9. The first-order chi connectivity index (χ1) is 10.1. The summed E-state index contributed by atoms with van der Waals surface area (Å²) in [6.07, 6.45) is -1.28. The molecule has 0 radical (unpaired) electrons. The lowest BCUT2D eigenvalue weighted by Gasteiger charge is -2.23. The van der Waals surface area contributed by atoms with Gasteiger partial charge in [0.2, 0.25) is 0 Å². The summed E-state index contributed by atoms with van der Waals surface area (Å²) in [5.74, 6) is -0.720. The molecule has 2 atom stereocenters. The van der Waals surface area contributed by atoms with Crippen molar-refractivity contribution in [2.45, 2.75) is 19.1 Å². The van der Waals surface area contributed by atoms with Gasteiger partial charge in [0.05, 0.1) is 6.04 Å². The Morgan fingerprint density at radius 2 is 1.48 bits per heavy atom. The van der Waals surface area contributed by atoms with Crippen LogP contribution < -0.4 is 5.32 Å². The van der Waals surface area contributed by atoms with Crippen LogP contribution in [0.2, 0.25) is 0 Å². The molecule has 0 saturated carbocycles. The van der Waals surface area contributed by atoms with Gasteiger partial charge in [0.1, 0.15) is 6.10 Å². The van der Waals surface area contributed by atoms with E-state index in [1.807, 2.05) is 12.1 Å². The quantitative estimate of drug-likeness (QED) is 0.883. The van der Waals surface area contributed by atoms with E-state index in [0.717, 1.165) is 0 Å². The second kappa shape index (κ2) is 6.81. The highest BCUT2D eigenvalue weighted by Crippen LogP contribution is 2.18. The highest BCUT2D eigenvalue weighted by Gasteiger charge is 2.26. The SMILES string of the molecule is CC(=O)[C@H](O)[C@@H](NC(=O)c1ccccc1)c1ccccc1. The fourth-order valence-electron chi connectivity index (χ4n) is 2.05. The number of carbonyl (C=O) groups is 2. The van der Waals surface area contributed by atoms with E-state index in [9.17, 15) is 14.7 Å². The highest BCUT2D eigenvalue weighted by atomic mass is 16.3. The van der Waals surface area contributed by atoms with Gasteiger partial charge < -0.3 is 10.4 Å². The Balaban J connectivity index is 2.25. The van der Waals surface area contributed by atoms with Gasteiger partial charge >= 0.3 is 0 Å². The number of Topliss-reactive ketones (excluding diaryl/α,β-unsaturated/α-hetero) is 1. The predicted molar refractivity (Wildman–Crippen MR) is 79.8 cm³/mol. The third-order valence-electron chi connectivity index (χ3n) is 3.21. The smallest absolute Gasteiger partial charge is 0.251 e. The Bertz CT molecular complexity index is 610. The van der Waals surface area contributed by atoms with Gasteiger partial charge in [-0.25, -0.2) is 0 Å². The minimum Gasteiger partial charge on any atom is -0.383 e. The van der Waals surface area contributed by atoms with E-state index in [4.69, 9.17) is 0 Å². The van der Waals surface area contributed by atoms with E-state index < -0.39 is 17.9 Å². The van der Waals surface area contributed by atoms with Crippen molar-refractivity contribution < 1.29 is 14.7 Å². The van der Waals surface area contributed by atoms with Crippen LogP contribution >= 0.6 is 0 Å². The minimum atomic E-state index is -1.28. The molecule has 1 amide bonds. The van der Waals surface area contributed by atoms with E-state index in [0.29, 0.717) is 11.1 Å². The van der Waals surface area contributed by atoms with Crippen LogP contribution in [0.1, 0.15) is 28.9 Å². The largest absolute Gasteiger partial charge is 0.383 e. The van der Waals surface area contributed by atoms with Crippen LogP contribution in [0, 0.1) is 0 Å². The summed E-state index contributed by atoms with van der Waals surface area (Å²) < 4.78 is 0. The number of ketones is 1. The number of hydrogen-bond donors (Lipinski definition) is 2. The van der Waals surface area contributed by atoms with Gasteiger partial charge in [0.25, 0.3) is 5.91 Å². The van der Waals surface area contributed by atoms with Crippen molar-refractivity contribution in [2.75, 3.05) is 0 Å². The molecule has 0 unspecified atom stereocenters. The number of rotatable bonds is 5. The topological polar surface area (TPSA) is 66.4 Å². The molecular weight excluding hydrogens is 266 g/mol. The number of benzene rings is 2. The average molecular weight is 283 g/mol. The molecule has 4 heteroatoms. The Morgan fingerprint density at radius 3 is 2.00 bits per heavy atom. The molecule has 0 bridgehead atoms. The average Bonchev–Trinajstić information content (AvgIpc) is 2.53. The molecule has 0 saturated heterocycles. The summed E-state index contributed by atoms with van der Waals surface area (Å²) >= 11 is 0. The third kappa shape index (κ3) is 3.77. The lowest BCUT2D eigenvalue weighted by atomic mass is 9.98. The number of aliphatic hydroxyl groups is 1. The second-order valence-corrected chi connectivity index (χ2v) is 4.78. The van der Waals surface area contributed by atoms with Crippen molar-refractivity contribution in [2.24, 2.45) is 0 Å². The molecule has 0 heterocycles. The van der Waals surface area contributed by atoms with Gasteiger partial charge in [-0.05, 0) is 24.6 Å². The monoisotopic (exact) mass is 283 g/mol. The molecule has 2 rings (SSSR count). The van der Waals surface area contributed by atoms with E-state index in [2.05, 4.69) is 5.32 Å². The van der Waals surface area contributed by atoms with Crippen LogP contribution in [-0.2, 0) is 4.79 Å². The molecule has 108 valence electrons. The summed E-state index contributed by atoms with van der Waals surface area (Å²) in [7, 11) is 0. The maximum absolute atomic E-state index is 12.2. The molecule has 2 aromatic rings. The maximum atomic E-state index is 12.2. The molecule has 0 fully saturated rings.